The molecule has 2 aromatic carbocycles. The third-order valence-corrected chi connectivity index (χ3v) is 5.36. The van der Waals surface area contributed by atoms with Crippen LogP contribution in [-0.4, -0.2) is 25.2 Å². The van der Waals surface area contributed by atoms with Crippen LogP contribution in [0.1, 0.15) is 56.7 Å². The van der Waals surface area contributed by atoms with Gasteiger partial charge >= 0.3 is 12.0 Å². The molecule has 0 saturated carbocycles. The molecule has 1 aliphatic heterocycles. The lowest BCUT2D eigenvalue weighted by molar-refractivity contribution is -0.139. The molecule has 0 aliphatic carbocycles. The molecule has 1 heterocycles. The molecule has 2 aromatic rings. The monoisotopic (exact) mass is 436 g/mol. The molecule has 6 nitrogen and oxygen atoms in total. The molecule has 1 atom stereocenters. The highest BCUT2D eigenvalue weighted by molar-refractivity contribution is 5.95. The van der Waals surface area contributed by atoms with E-state index in [-0.39, 0.29) is 12.6 Å². The molecular weight excluding hydrogens is 404 g/mol. The van der Waals surface area contributed by atoms with Crippen molar-refractivity contribution < 1.29 is 19.1 Å². The summed E-state index contributed by atoms with van der Waals surface area (Å²) in [4.78, 5) is 25.0. The third kappa shape index (κ3) is 6.36. The maximum atomic E-state index is 12.7. The van der Waals surface area contributed by atoms with Crippen LogP contribution in [0.4, 0.5) is 4.79 Å². The van der Waals surface area contributed by atoms with Gasteiger partial charge < -0.3 is 20.1 Å². The number of ether oxygens (including phenoxy) is 2. The number of aryl methyl sites for hydroxylation is 1. The average molecular weight is 437 g/mol. The molecule has 0 radical (unpaired) electrons. The van der Waals surface area contributed by atoms with Crippen LogP contribution in [0, 0.1) is 0 Å². The van der Waals surface area contributed by atoms with Gasteiger partial charge in [-0.25, -0.2) is 9.59 Å². The number of benzene rings is 2. The molecule has 0 saturated heterocycles. The van der Waals surface area contributed by atoms with Crippen LogP contribution in [0.2, 0.25) is 0 Å². The zero-order chi connectivity index (χ0) is 22.8. The third-order valence-electron chi connectivity index (χ3n) is 5.36. The van der Waals surface area contributed by atoms with E-state index in [9.17, 15) is 9.59 Å². The Morgan fingerprint density at radius 1 is 0.969 bits per heavy atom. The smallest absolute Gasteiger partial charge is 0.338 e. The predicted molar refractivity (Wildman–Crippen MR) is 124 cm³/mol. The minimum absolute atomic E-state index is 0.278. The van der Waals surface area contributed by atoms with Gasteiger partial charge in [-0.15, -0.1) is 0 Å². The van der Waals surface area contributed by atoms with E-state index >= 15 is 0 Å². The second kappa shape index (κ2) is 11.9. The van der Waals surface area contributed by atoms with Gasteiger partial charge in [-0.3, -0.25) is 0 Å². The van der Waals surface area contributed by atoms with Crippen molar-refractivity contribution >= 4 is 12.0 Å². The minimum atomic E-state index is -0.554. The molecule has 6 heteroatoms. The number of carbonyl (C=O) groups is 2. The summed E-state index contributed by atoms with van der Waals surface area (Å²) in [6.45, 7) is 4.74. The molecule has 32 heavy (non-hydrogen) atoms. The number of amides is 2. The number of unbranched alkanes of at least 4 members (excludes halogenated alkanes) is 1. The van der Waals surface area contributed by atoms with Crippen molar-refractivity contribution in [1.29, 1.82) is 0 Å². The van der Waals surface area contributed by atoms with Gasteiger partial charge in [0.05, 0.1) is 24.8 Å². The van der Waals surface area contributed by atoms with Crippen molar-refractivity contribution in [3.8, 4) is 5.75 Å². The first-order chi connectivity index (χ1) is 15.6. The van der Waals surface area contributed by atoms with Crippen molar-refractivity contribution in [3.63, 3.8) is 0 Å². The van der Waals surface area contributed by atoms with Gasteiger partial charge in [0, 0.05) is 5.70 Å². The molecule has 1 aliphatic rings. The lowest BCUT2D eigenvalue weighted by atomic mass is 9.93. The van der Waals surface area contributed by atoms with E-state index in [1.54, 1.807) is 6.92 Å². The molecule has 0 spiro atoms. The molecular formula is C26H32N2O4. The number of hydrogen-bond donors (Lipinski definition) is 2. The van der Waals surface area contributed by atoms with Gasteiger partial charge in [0.15, 0.2) is 0 Å². The van der Waals surface area contributed by atoms with Gasteiger partial charge in [-0.1, -0.05) is 55.8 Å². The molecule has 3 rings (SSSR count). The Morgan fingerprint density at radius 3 is 2.41 bits per heavy atom. The summed E-state index contributed by atoms with van der Waals surface area (Å²) in [5, 5.41) is 5.67. The predicted octanol–water partition coefficient (Wildman–Crippen LogP) is 5.06. The Morgan fingerprint density at radius 2 is 1.72 bits per heavy atom. The normalized spacial score (nSPS) is 15.7. The first kappa shape index (κ1) is 23.4. The Bertz CT molecular complexity index is 923. The van der Waals surface area contributed by atoms with Crippen LogP contribution in [0.15, 0.2) is 65.9 Å². The Kier molecular flexibility index (Phi) is 8.72. The number of carbonyl (C=O) groups excluding carboxylic acids is 2. The van der Waals surface area contributed by atoms with Crippen LogP contribution in [0.25, 0.3) is 0 Å². The van der Waals surface area contributed by atoms with E-state index in [1.807, 2.05) is 42.5 Å². The number of esters is 1. The first-order valence-electron chi connectivity index (χ1n) is 11.4. The number of rotatable bonds is 11. The number of nitrogens with one attached hydrogen (secondary N) is 2. The van der Waals surface area contributed by atoms with Crippen molar-refractivity contribution in [2.45, 2.75) is 52.0 Å². The second-order valence-electron chi connectivity index (χ2n) is 7.75. The maximum Gasteiger partial charge on any atom is 0.338 e. The van der Waals surface area contributed by atoms with Crippen LogP contribution < -0.4 is 15.4 Å². The van der Waals surface area contributed by atoms with Crippen LogP contribution in [0.5, 0.6) is 5.75 Å². The summed E-state index contributed by atoms with van der Waals surface area (Å²) in [6.07, 6.45) is 4.35. The maximum absolute atomic E-state index is 12.7. The van der Waals surface area contributed by atoms with E-state index in [2.05, 4.69) is 29.7 Å². The number of urea groups is 1. The summed E-state index contributed by atoms with van der Waals surface area (Å²) in [7, 11) is 0. The fourth-order valence-corrected chi connectivity index (χ4v) is 3.74. The molecule has 2 N–H and O–H groups in total. The molecule has 0 aromatic heterocycles. The quantitative estimate of drug-likeness (QED) is 0.381. The van der Waals surface area contributed by atoms with Gasteiger partial charge in [-0.2, -0.15) is 0 Å². The van der Waals surface area contributed by atoms with Crippen LogP contribution in [-0.2, 0) is 16.0 Å². The van der Waals surface area contributed by atoms with E-state index in [0.29, 0.717) is 24.3 Å². The Balaban J connectivity index is 1.68. The average Bonchev–Trinajstić information content (AvgIpc) is 2.81. The van der Waals surface area contributed by atoms with Gasteiger partial charge in [0.2, 0.25) is 0 Å². The molecule has 2 amide bonds. The lowest BCUT2D eigenvalue weighted by Crippen LogP contribution is -2.46. The zero-order valence-electron chi connectivity index (χ0n) is 18.9. The van der Waals surface area contributed by atoms with Crippen molar-refractivity contribution in [1.82, 2.24) is 10.6 Å². The second-order valence-corrected chi connectivity index (χ2v) is 7.75. The van der Waals surface area contributed by atoms with Crippen molar-refractivity contribution in [3.05, 3.63) is 77.0 Å². The van der Waals surface area contributed by atoms with E-state index in [4.69, 9.17) is 9.47 Å². The fraction of sp³-hybridized carbons (Fsp3) is 0.385. The highest BCUT2D eigenvalue weighted by Gasteiger charge is 2.33. The van der Waals surface area contributed by atoms with Gasteiger partial charge in [-0.05, 0) is 55.9 Å². The number of allylic oxidation sites excluding steroid dienone is 1. The highest BCUT2D eigenvalue weighted by atomic mass is 16.5. The van der Waals surface area contributed by atoms with E-state index < -0.39 is 12.0 Å². The van der Waals surface area contributed by atoms with Crippen LogP contribution in [0.3, 0.4) is 0 Å². The van der Waals surface area contributed by atoms with Crippen molar-refractivity contribution in [2.75, 3.05) is 13.2 Å². The first-order valence-corrected chi connectivity index (χ1v) is 11.4. The Hall–Kier alpha value is -3.28. The Labute approximate surface area is 190 Å². The lowest BCUT2D eigenvalue weighted by Gasteiger charge is -2.29. The highest BCUT2D eigenvalue weighted by Crippen LogP contribution is 2.30. The molecule has 0 bridgehead atoms. The summed E-state index contributed by atoms with van der Waals surface area (Å²) in [5.41, 5.74) is 3.22. The van der Waals surface area contributed by atoms with E-state index in [0.717, 1.165) is 37.0 Å². The van der Waals surface area contributed by atoms with Gasteiger partial charge in [0.1, 0.15) is 5.75 Å². The van der Waals surface area contributed by atoms with Crippen molar-refractivity contribution in [2.24, 2.45) is 0 Å². The summed E-state index contributed by atoms with van der Waals surface area (Å²) >= 11 is 0. The zero-order valence-corrected chi connectivity index (χ0v) is 18.9. The summed E-state index contributed by atoms with van der Waals surface area (Å²) in [5.74, 6) is 0.354. The van der Waals surface area contributed by atoms with E-state index in [1.165, 1.54) is 5.56 Å². The van der Waals surface area contributed by atoms with Gasteiger partial charge in [0.25, 0.3) is 0 Å². The number of hydrogen-bond acceptors (Lipinski definition) is 4. The summed E-state index contributed by atoms with van der Waals surface area (Å²) in [6, 6.07) is 17.0. The standard InChI is InChI=1S/C26H32N2O4/c1-3-5-13-22-23(25(29)31-4-2)24(28-26(30)27-22)20-14-16-21(17-15-20)32-18-9-12-19-10-7-6-8-11-19/h6-8,10-11,14-17,24H,3-5,9,12-13,18H2,1-2H3,(H2,27,28,30). The molecule has 170 valence electrons. The fourth-order valence-electron chi connectivity index (χ4n) is 3.74. The molecule has 1 unspecified atom stereocenters. The topological polar surface area (TPSA) is 76.7 Å². The van der Waals surface area contributed by atoms with Crippen LogP contribution >= 0.6 is 0 Å². The summed E-state index contributed by atoms with van der Waals surface area (Å²) < 4.78 is 11.2. The minimum Gasteiger partial charge on any atom is -0.494 e. The molecule has 0 fully saturated rings. The SMILES string of the molecule is CCCCC1=C(C(=O)OCC)C(c2ccc(OCCCc3ccccc3)cc2)NC(=O)N1. The largest absolute Gasteiger partial charge is 0.494 e.